The van der Waals surface area contributed by atoms with E-state index >= 15 is 0 Å². The van der Waals surface area contributed by atoms with Crippen LogP contribution in [0.3, 0.4) is 0 Å². The third-order valence-corrected chi connectivity index (χ3v) is 2.69. The van der Waals surface area contributed by atoms with Crippen molar-refractivity contribution in [3.8, 4) is 0 Å². The standard InChI is InChI=1S/C12H17N3/c1-8-9(13)5-6-11-14-10(7-15(8)11)12(2,3)4/h5-7H,13H2,1-4H3. The summed E-state index contributed by atoms with van der Waals surface area (Å²) < 4.78 is 2.05. The predicted molar refractivity (Wildman–Crippen MR) is 63.0 cm³/mol. The average molecular weight is 203 g/mol. The zero-order valence-electron chi connectivity index (χ0n) is 9.70. The lowest BCUT2D eigenvalue weighted by Crippen LogP contribution is -2.11. The van der Waals surface area contributed by atoms with E-state index in [1.807, 2.05) is 19.1 Å². The number of hydrogen-bond acceptors (Lipinski definition) is 2. The molecule has 2 N–H and O–H groups in total. The molecule has 0 aliphatic rings. The first-order chi connectivity index (χ1) is 6.89. The van der Waals surface area contributed by atoms with Crippen LogP contribution in [-0.2, 0) is 5.41 Å². The first-order valence-electron chi connectivity index (χ1n) is 5.14. The van der Waals surface area contributed by atoms with Crippen LogP contribution >= 0.6 is 0 Å². The van der Waals surface area contributed by atoms with Gasteiger partial charge in [-0.25, -0.2) is 4.98 Å². The van der Waals surface area contributed by atoms with Gasteiger partial charge >= 0.3 is 0 Å². The van der Waals surface area contributed by atoms with Gasteiger partial charge in [0, 0.05) is 17.3 Å². The monoisotopic (exact) mass is 203 g/mol. The van der Waals surface area contributed by atoms with Crippen molar-refractivity contribution in [1.29, 1.82) is 0 Å². The minimum Gasteiger partial charge on any atom is -0.397 e. The lowest BCUT2D eigenvalue weighted by Gasteiger charge is -2.13. The fourth-order valence-electron chi connectivity index (χ4n) is 1.57. The van der Waals surface area contributed by atoms with Gasteiger partial charge in [0.1, 0.15) is 5.65 Å². The van der Waals surface area contributed by atoms with Gasteiger partial charge in [-0.1, -0.05) is 20.8 Å². The van der Waals surface area contributed by atoms with Gasteiger partial charge in [0.2, 0.25) is 0 Å². The second-order valence-corrected chi connectivity index (χ2v) is 4.98. The van der Waals surface area contributed by atoms with E-state index in [2.05, 4.69) is 36.4 Å². The van der Waals surface area contributed by atoms with Crippen molar-refractivity contribution in [2.75, 3.05) is 5.73 Å². The zero-order valence-corrected chi connectivity index (χ0v) is 9.70. The van der Waals surface area contributed by atoms with Crippen LogP contribution in [0.25, 0.3) is 5.65 Å². The van der Waals surface area contributed by atoms with Crippen molar-refractivity contribution in [2.45, 2.75) is 33.1 Å². The molecule has 80 valence electrons. The molecule has 2 heterocycles. The highest BCUT2D eigenvalue weighted by atomic mass is 15.0. The maximum atomic E-state index is 5.86. The molecule has 0 radical (unpaired) electrons. The summed E-state index contributed by atoms with van der Waals surface area (Å²) in [5.74, 6) is 0. The van der Waals surface area contributed by atoms with Gasteiger partial charge in [-0.3, -0.25) is 0 Å². The second kappa shape index (κ2) is 2.99. The molecular weight excluding hydrogens is 186 g/mol. The summed E-state index contributed by atoms with van der Waals surface area (Å²) in [5.41, 5.74) is 9.85. The molecule has 0 fully saturated rings. The van der Waals surface area contributed by atoms with Gasteiger partial charge in [-0.15, -0.1) is 0 Å². The smallest absolute Gasteiger partial charge is 0.137 e. The molecule has 15 heavy (non-hydrogen) atoms. The molecule has 0 saturated heterocycles. The average Bonchev–Trinajstić information content (AvgIpc) is 2.55. The molecule has 2 aromatic rings. The largest absolute Gasteiger partial charge is 0.397 e. The lowest BCUT2D eigenvalue weighted by molar-refractivity contribution is 0.573. The Morgan fingerprint density at radius 1 is 1.27 bits per heavy atom. The van der Waals surface area contributed by atoms with E-state index in [0.717, 1.165) is 22.7 Å². The van der Waals surface area contributed by atoms with E-state index in [-0.39, 0.29) is 5.41 Å². The molecule has 0 spiro atoms. The Hall–Kier alpha value is -1.51. The van der Waals surface area contributed by atoms with Gasteiger partial charge in [0.15, 0.2) is 0 Å². The summed E-state index contributed by atoms with van der Waals surface area (Å²) >= 11 is 0. The Kier molecular flexibility index (Phi) is 2.00. The fourth-order valence-corrected chi connectivity index (χ4v) is 1.57. The third kappa shape index (κ3) is 1.58. The first-order valence-corrected chi connectivity index (χ1v) is 5.14. The molecule has 0 aliphatic heterocycles. The number of nitrogens with two attached hydrogens (primary N) is 1. The summed E-state index contributed by atoms with van der Waals surface area (Å²) in [5, 5.41) is 0. The Balaban J connectivity index is 2.72. The Labute approximate surface area is 89.9 Å². The van der Waals surface area contributed by atoms with Gasteiger partial charge < -0.3 is 10.1 Å². The van der Waals surface area contributed by atoms with Crippen LogP contribution in [0.1, 0.15) is 32.2 Å². The molecule has 0 aliphatic carbocycles. The molecule has 0 bridgehead atoms. The van der Waals surface area contributed by atoms with E-state index in [0.29, 0.717) is 0 Å². The number of aromatic nitrogens is 2. The van der Waals surface area contributed by atoms with E-state index in [1.54, 1.807) is 0 Å². The van der Waals surface area contributed by atoms with Gasteiger partial charge in [-0.05, 0) is 19.1 Å². The number of nitrogen functional groups attached to an aromatic ring is 1. The van der Waals surface area contributed by atoms with Crippen LogP contribution in [0.5, 0.6) is 0 Å². The van der Waals surface area contributed by atoms with E-state index in [4.69, 9.17) is 5.73 Å². The number of imidazole rings is 1. The maximum Gasteiger partial charge on any atom is 0.137 e. The molecule has 0 amide bonds. The van der Waals surface area contributed by atoms with Crippen molar-refractivity contribution in [3.63, 3.8) is 0 Å². The van der Waals surface area contributed by atoms with E-state index < -0.39 is 0 Å². The number of fused-ring (bicyclic) bond motifs is 1. The normalized spacial score (nSPS) is 12.3. The topological polar surface area (TPSA) is 43.3 Å². The van der Waals surface area contributed by atoms with Crippen LogP contribution in [0.4, 0.5) is 5.69 Å². The van der Waals surface area contributed by atoms with Crippen molar-refractivity contribution in [1.82, 2.24) is 9.38 Å². The van der Waals surface area contributed by atoms with E-state index in [1.165, 1.54) is 0 Å². The van der Waals surface area contributed by atoms with Crippen molar-refractivity contribution in [3.05, 3.63) is 29.7 Å². The zero-order chi connectivity index (χ0) is 11.2. The molecule has 3 nitrogen and oxygen atoms in total. The SMILES string of the molecule is Cc1c(N)ccc2nc(C(C)(C)C)cn12. The molecule has 2 aromatic heterocycles. The summed E-state index contributed by atoms with van der Waals surface area (Å²) in [4.78, 5) is 4.59. The summed E-state index contributed by atoms with van der Waals surface area (Å²) in [7, 11) is 0. The summed E-state index contributed by atoms with van der Waals surface area (Å²) in [6, 6.07) is 3.86. The highest BCUT2D eigenvalue weighted by molar-refractivity contribution is 5.53. The molecular formula is C12H17N3. The van der Waals surface area contributed by atoms with Gasteiger partial charge in [-0.2, -0.15) is 0 Å². The van der Waals surface area contributed by atoms with Gasteiger partial charge in [0.05, 0.1) is 11.4 Å². The molecule has 3 heteroatoms. The Morgan fingerprint density at radius 3 is 2.53 bits per heavy atom. The van der Waals surface area contributed by atoms with Crippen molar-refractivity contribution < 1.29 is 0 Å². The van der Waals surface area contributed by atoms with Crippen molar-refractivity contribution >= 4 is 11.3 Å². The molecule has 0 saturated carbocycles. The third-order valence-electron chi connectivity index (χ3n) is 2.69. The molecule has 0 aromatic carbocycles. The summed E-state index contributed by atoms with van der Waals surface area (Å²) in [6.45, 7) is 8.49. The minimum absolute atomic E-state index is 0.0766. The van der Waals surface area contributed by atoms with Crippen LogP contribution in [-0.4, -0.2) is 9.38 Å². The number of rotatable bonds is 0. The lowest BCUT2D eigenvalue weighted by atomic mass is 9.93. The highest BCUT2D eigenvalue weighted by Gasteiger charge is 2.18. The second-order valence-electron chi connectivity index (χ2n) is 4.98. The van der Waals surface area contributed by atoms with Crippen LogP contribution < -0.4 is 5.73 Å². The predicted octanol–water partition coefficient (Wildman–Crippen LogP) is 2.52. The van der Waals surface area contributed by atoms with E-state index in [9.17, 15) is 0 Å². The maximum absolute atomic E-state index is 5.86. The number of nitrogens with zero attached hydrogens (tertiary/aromatic N) is 2. The molecule has 0 unspecified atom stereocenters. The minimum atomic E-state index is 0.0766. The number of hydrogen-bond donors (Lipinski definition) is 1. The van der Waals surface area contributed by atoms with Crippen molar-refractivity contribution in [2.24, 2.45) is 0 Å². The number of pyridine rings is 1. The Morgan fingerprint density at radius 2 is 1.93 bits per heavy atom. The van der Waals surface area contributed by atoms with Crippen LogP contribution in [0, 0.1) is 6.92 Å². The number of aryl methyl sites for hydroxylation is 1. The first kappa shape index (κ1) is 10.0. The molecule has 2 rings (SSSR count). The molecule has 0 atom stereocenters. The fraction of sp³-hybridized carbons (Fsp3) is 0.417. The van der Waals surface area contributed by atoms with Gasteiger partial charge in [0.25, 0.3) is 0 Å². The van der Waals surface area contributed by atoms with Crippen LogP contribution in [0.15, 0.2) is 18.3 Å². The Bertz CT molecular complexity index is 503. The highest BCUT2D eigenvalue weighted by Crippen LogP contribution is 2.23. The number of anilines is 1. The quantitative estimate of drug-likeness (QED) is 0.715. The summed E-state index contributed by atoms with van der Waals surface area (Å²) in [6.07, 6.45) is 2.07. The van der Waals surface area contributed by atoms with Crippen LogP contribution in [0.2, 0.25) is 0 Å².